The van der Waals surface area contributed by atoms with E-state index in [1.807, 2.05) is 55.5 Å². The zero-order valence-electron chi connectivity index (χ0n) is 11.4. The van der Waals surface area contributed by atoms with Gasteiger partial charge in [-0.3, -0.25) is 0 Å². The molecule has 0 N–H and O–H groups in total. The van der Waals surface area contributed by atoms with Crippen LogP contribution in [0.4, 0.5) is 0 Å². The minimum Gasteiger partial charge on any atom is -0.456 e. The predicted octanol–water partition coefficient (Wildman–Crippen LogP) is 4.51. The van der Waals surface area contributed by atoms with Gasteiger partial charge in [0.25, 0.3) is 0 Å². The SMILES string of the molecule is Cc1ccc2oc(-c3cc4ccccc4oc3=O)cc2c1. The number of fused-ring (bicyclic) bond motifs is 2. The fraction of sp³-hybridized carbons (Fsp3) is 0.0556. The summed E-state index contributed by atoms with van der Waals surface area (Å²) in [7, 11) is 0. The Morgan fingerprint density at radius 3 is 2.52 bits per heavy atom. The van der Waals surface area contributed by atoms with Crippen LogP contribution in [0.3, 0.4) is 0 Å². The lowest BCUT2D eigenvalue weighted by molar-refractivity contribution is 0.556. The molecule has 0 aliphatic heterocycles. The number of benzene rings is 2. The van der Waals surface area contributed by atoms with E-state index >= 15 is 0 Å². The molecule has 4 aromatic rings. The van der Waals surface area contributed by atoms with Gasteiger partial charge in [0, 0.05) is 10.8 Å². The average Bonchev–Trinajstić information content (AvgIpc) is 2.89. The zero-order valence-corrected chi connectivity index (χ0v) is 11.4. The Morgan fingerprint density at radius 2 is 1.62 bits per heavy atom. The highest BCUT2D eigenvalue weighted by Gasteiger charge is 2.12. The molecule has 4 rings (SSSR count). The highest BCUT2D eigenvalue weighted by molar-refractivity contribution is 5.86. The maximum Gasteiger partial charge on any atom is 0.347 e. The third-order valence-electron chi connectivity index (χ3n) is 3.58. The van der Waals surface area contributed by atoms with Gasteiger partial charge in [-0.25, -0.2) is 4.79 Å². The molecular weight excluding hydrogens is 264 g/mol. The number of hydrogen-bond acceptors (Lipinski definition) is 3. The molecule has 102 valence electrons. The smallest absolute Gasteiger partial charge is 0.347 e. The van der Waals surface area contributed by atoms with Crippen LogP contribution in [0.5, 0.6) is 0 Å². The third-order valence-corrected chi connectivity index (χ3v) is 3.58. The van der Waals surface area contributed by atoms with Gasteiger partial charge in [-0.2, -0.15) is 0 Å². The fourth-order valence-electron chi connectivity index (χ4n) is 2.53. The molecule has 2 aromatic carbocycles. The van der Waals surface area contributed by atoms with Crippen molar-refractivity contribution in [2.24, 2.45) is 0 Å². The van der Waals surface area contributed by atoms with Crippen molar-refractivity contribution in [1.82, 2.24) is 0 Å². The fourth-order valence-corrected chi connectivity index (χ4v) is 2.53. The van der Waals surface area contributed by atoms with Crippen LogP contribution >= 0.6 is 0 Å². The van der Waals surface area contributed by atoms with E-state index in [4.69, 9.17) is 8.83 Å². The Bertz CT molecular complexity index is 1020. The predicted molar refractivity (Wildman–Crippen MR) is 82.4 cm³/mol. The number of para-hydroxylation sites is 1. The molecule has 0 radical (unpaired) electrons. The van der Waals surface area contributed by atoms with E-state index in [-0.39, 0.29) is 5.63 Å². The molecular formula is C18H12O3. The molecule has 3 heteroatoms. The van der Waals surface area contributed by atoms with Crippen molar-refractivity contribution in [3.05, 3.63) is 70.6 Å². The van der Waals surface area contributed by atoms with Crippen molar-refractivity contribution in [1.29, 1.82) is 0 Å². The molecule has 0 amide bonds. The van der Waals surface area contributed by atoms with Crippen molar-refractivity contribution in [3.8, 4) is 11.3 Å². The summed E-state index contributed by atoms with van der Waals surface area (Å²) < 4.78 is 11.1. The van der Waals surface area contributed by atoms with E-state index in [0.717, 1.165) is 21.9 Å². The molecule has 3 nitrogen and oxygen atoms in total. The molecule has 0 fully saturated rings. The van der Waals surface area contributed by atoms with E-state index in [0.29, 0.717) is 16.9 Å². The Balaban J connectivity index is 1.99. The van der Waals surface area contributed by atoms with Gasteiger partial charge < -0.3 is 8.83 Å². The lowest BCUT2D eigenvalue weighted by atomic mass is 10.1. The first-order valence-electron chi connectivity index (χ1n) is 6.74. The van der Waals surface area contributed by atoms with Crippen LogP contribution in [-0.4, -0.2) is 0 Å². The minimum absolute atomic E-state index is 0.385. The third kappa shape index (κ3) is 1.94. The highest BCUT2D eigenvalue weighted by Crippen LogP contribution is 2.28. The van der Waals surface area contributed by atoms with Crippen LogP contribution in [0, 0.1) is 6.92 Å². The average molecular weight is 276 g/mol. The van der Waals surface area contributed by atoms with Gasteiger partial charge in [0.1, 0.15) is 22.5 Å². The molecule has 0 atom stereocenters. The summed E-state index contributed by atoms with van der Waals surface area (Å²) in [6.45, 7) is 2.02. The molecule has 2 aromatic heterocycles. The number of aryl methyl sites for hydroxylation is 1. The van der Waals surface area contributed by atoms with Crippen molar-refractivity contribution >= 4 is 21.9 Å². The number of hydrogen-bond donors (Lipinski definition) is 0. The summed E-state index contributed by atoms with van der Waals surface area (Å²) >= 11 is 0. The maximum absolute atomic E-state index is 12.2. The molecule has 0 bridgehead atoms. The summed E-state index contributed by atoms with van der Waals surface area (Å²) in [6.07, 6.45) is 0. The van der Waals surface area contributed by atoms with Gasteiger partial charge in [-0.15, -0.1) is 0 Å². The van der Waals surface area contributed by atoms with E-state index in [1.54, 1.807) is 6.07 Å². The number of rotatable bonds is 1. The summed E-state index contributed by atoms with van der Waals surface area (Å²) in [4.78, 5) is 12.2. The van der Waals surface area contributed by atoms with Gasteiger partial charge in [0.05, 0.1) is 0 Å². The topological polar surface area (TPSA) is 43.4 Å². The monoisotopic (exact) mass is 276 g/mol. The van der Waals surface area contributed by atoms with Crippen LogP contribution in [0.25, 0.3) is 33.3 Å². The second kappa shape index (κ2) is 4.35. The van der Waals surface area contributed by atoms with Crippen molar-refractivity contribution in [3.63, 3.8) is 0 Å². The van der Waals surface area contributed by atoms with Crippen LogP contribution in [0.2, 0.25) is 0 Å². The largest absolute Gasteiger partial charge is 0.456 e. The first-order valence-corrected chi connectivity index (χ1v) is 6.74. The highest BCUT2D eigenvalue weighted by atomic mass is 16.4. The Morgan fingerprint density at radius 1 is 0.810 bits per heavy atom. The zero-order chi connectivity index (χ0) is 14.4. The van der Waals surface area contributed by atoms with Gasteiger partial charge in [0.15, 0.2) is 0 Å². The second-order valence-corrected chi connectivity index (χ2v) is 5.14. The Labute approximate surface area is 120 Å². The molecule has 0 unspecified atom stereocenters. The van der Waals surface area contributed by atoms with Crippen LogP contribution in [-0.2, 0) is 0 Å². The van der Waals surface area contributed by atoms with Gasteiger partial charge >= 0.3 is 5.63 Å². The van der Waals surface area contributed by atoms with E-state index in [2.05, 4.69) is 0 Å². The van der Waals surface area contributed by atoms with Gasteiger partial charge in [-0.05, 0) is 37.3 Å². The van der Waals surface area contributed by atoms with Crippen molar-refractivity contribution < 1.29 is 8.83 Å². The number of furan rings is 1. The minimum atomic E-state index is -0.385. The quantitative estimate of drug-likeness (QED) is 0.480. The van der Waals surface area contributed by atoms with E-state index < -0.39 is 0 Å². The van der Waals surface area contributed by atoms with Gasteiger partial charge in [0.2, 0.25) is 0 Å². The summed E-state index contributed by atoms with van der Waals surface area (Å²) in [6, 6.07) is 17.1. The summed E-state index contributed by atoms with van der Waals surface area (Å²) in [5.41, 5.74) is 2.56. The second-order valence-electron chi connectivity index (χ2n) is 5.14. The lowest BCUT2D eigenvalue weighted by Gasteiger charge is -1.98. The molecule has 0 aliphatic carbocycles. The Kier molecular flexibility index (Phi) is 2.48. The van der Waals surface area contributed by atoms with E-state index in [1.165, 1.54) is 0 Å². The van der Waals surface area contributed by atoms with Crippen molar-refractivity contribution in [2.75, 3.05) is 0 Å². The molecule has 2 heterocycles. The molecule has 0 aliphatic rings. The molecule has 0 saturated carbocycles. The molecule has 0 saturated heterocycles. The summed E-state index contributed by atoms with van der Waals surface area (Å²) in [5, 5.41) is 1.86. The van der Waals surface area contributed by atoms with Crippen LogP contribution < -0.4 is 5.63 Å². The molecule has 21 heavy (non-hydrogen) atoms. The van der Waals surface area contributed by atoms with Crippen molar-refractivity contribution in [2.45, 2.75) is 6.92 Å². The molecule has 0 spiro atoms. The van der Waals surface area contributed by atoms with E-state index in [9.17, 15) is 4.79 Å². The normalized spacial score (nSPS) is 11.3. The first-order chi connectivity index (χ1) is 10.2. The maximum atomic E-state index is 12.2. The van der Waals surface area contributed by atoms with Gasteiger partial charge in [-0.1, -0.05) is 29.8 Å². The standard InChI is InChI=1S/C18H12O3/c1-11-6-7-16-13(8-11)10-17(20-16)14-9-12-4-2-3-5-15(12)21-18(14)19/h2-10H,1H3. The Hall–Kier alpha value is -2.81. The van der Waals surface area contributed by atoms with Crippen LogP contribution in [0.15, 0.2) is 68.2 Å². The summed E-state index contributed by atoms with van der Waals surface area (Å²) in [5.74, 6) is 0.537. The van der Waals surface area contributed by atoms with Crippen LogP contribution in [0.1, 0.15) is 5.56 Å². The lowest BCUT2D eigenvalue weighted by Crippen LogP contribution is -2.01. The first kappa shape index (κ1) is 12.0.